The molecule has 0 bridgehead atoms. The first kappa shape index (κ1) is 22.7. The Labute approximate surface area is 80.0 Å². The van der Waals surface area contributed by atoms with Gasteiger partial charge >= 0.3 is 49.4 Å². The summed E-state index contributed by atoms with van der Waals surface area (Å²) in [6, 6.07) is 0. The minimum absolute atomic E-state index is 0. The zero-order valence-electron chi connectivity index (χ0n) is 3.94. The van der Waals surface area contributed by atoms with Crippen molar-refractivity contribution >= 4 is 23.9 Å². The molecule has 0 unspecified atom stereocenters. The van der Waals surface area contributed by atoms with Gasteiger partial charge in [-0.15, -0.1) is 0 Å². The second-order valence-corrected chi connectivity index (χ2v) is 1.34. The predicted molar refractivity (Wildman–Crippen MR) is 21.5 cm³/mol. The van der Waals surface area contributed by atoms with E-state index in [1.807, 2.05) is 0 Å². The molecule has 0 aromatic rings. The molecular formula is H2O4S2Zn2+2. The van der Waals surface area contributed by atoms with Gasteiger partial charge in [0.05, 0.1) is 0 Å². The standard InChI is InChI=1S/H2O4S.S.2Zn/c1-5(2,3)4;;;/h(H2,1,2,3,4);;;/q;-2;2*+2. The largest absolute Gasteiger partial charge is 2.00 e. The van der Waals surface area contributed by atoms with E-state index in [4.69, 9.17) is 17.5 Å². The Hall–Kier alpha value is 1.47. The Balaban J connectivity index is -0.0000000267. The maximum atomic E-state index is 8.74. The second-order valence-electron chi connectivity index (χ2n) is 0.448. The van der Waals surface area contributed by atoms with E-state index < -0.39 is 10.4 Å². The predicted octanol–water partition coefficient (Wildman–Crippen LogP) is -0.660. The van der Waals surface area contributed by atoms with Crippen molar-refractivity contribution in [3.05, 3.63) is 0 Å². The molecule has 0 aromatic heterocycles. The van der Waals surface area contributed by atoms with Gasteiger partial charge in [0.2, 0.25) is 0 Å². The summed E-state index contributed by atoms with van der Waals surface area (Å²) < 4.78 is 31.6. The van der Waals surface area contributed by atoms with Crippen molar-refractivity contribution in [1.29, 1.82) is 0 Å². The van der Waals surface area contributed by atoms with E-state index in [1.54, 1.807) is 0 Å². The van der Waals surface area contributed by atoms with Gasteiger partial charge in [0.25, 0.3) is 0 Å². The van der Waals surface area contributed by atoms with Crippen LogP contribution in [0.25, 0.3) is 0 Å². The Morgan fingerprint density at radius 3 is 1.00 bits per heavy atom. The number of hydrogen-bond donors (Lipinski definition) is 2. The van der Waals surface area contributed by atoms with Gasteiger partial charge in [0, 0.05) is 0 Å². The summed E-state index contributed by atoms with van der Waals surface area (Å²) >= 11 is 0. The molecule has 0 fully saturated rings. The molecule has 2 N–H and O–H groups in total. The van der Waals surface area contributed by atoms with Gasteiger partial charge in [-0.05, 0) is 0 Å². The maximum absolute atomic E-state index is 8.74. The summed E-state index contributed by atoms with van der Waals surface area (Å²) in [5.41, 5.74) is 0. The SMILES string of the molecule is O=S(=O)(O)O.[S-2].[Zn+2].[Zn+2]. The fraction of sp³-hybridized carbons (Fsp3) is 0. The van der Waals surface area contributed by atoms with Gasteiger partial charge in [-0.1, -0.05) is 0 Å². The quantitative estimate of drug-likeness (QED) is 0.448. The molecule has 0 aliphatic carbocycles. The van der Waals surface area contributed by atoms with Crippen LogP contribution in [0.15, 0.2) is 0 Å². The fourth-order valence-electron chi connectivity index (χ4n) is 0. The Kier molecular flexibility index (Phi) is 24.0. The average Bonchev–Trinajstić information content (AvgIpc) is 0.722. The molecule has 0 aliphatic rings. The molecule has 0 spiro atoms. The van der Waals surface area contributed by atoms with Crippen LogP contribution in [-0.2, 0) is 62.9 Å². The van der Waals surface area contributed by atoms with Crippen LogP contribution in [0.2, 0.25) is 0 Å². The van der Waals surface area contributed by atoms with Crippen LogP contribution in [0.4, 0.5) is 0 Å². The smallest absolute Gasteiger partial charge is 2.00 e. The van der Waals surface area contributed by atoms with Crippen LogP contribution in [0.1, 0.15) is 0 Å². The molecule has 8 heteroatoms. The van der Waals surface area contributed by atoms with Crippen LogP contribution in [0, 0.1) is 0 Å². The number of rotatable bonds is 0. The zero-order chi connectivity index (χ0) is 4.50. The third-order valence-electron chi connectivity index (χ3n) is 0. The molecular weight excluding hydrogens is 259 g/mol. The maximum Gasteiger partial charge on any atom is 2.00 e. The molecule has 40 valence electrons. The van der Waals surface area contributed by atoms with Gasteiger partial charge in [0.15, 0.2) is 0 Å². The van der Waals surface area contributed by atoms with Crippen LogP contribution >= 0.6 is 0 Å². The topological polar surface area (TPSA) is 74.6 Å². The van der Waals surface area contributed by atoms with Crippen molar-refractivity contribution in [3.63, 3.8) is 0 Å². The minimum Gasteiger partial charge on any atom is -2.00 e. The van der Waals surface area contributed by atoms with Crippen molar-refractivity contribution in [2.75, 3.05) is 0 Å². The Morgan fingerprint density at radius 2 is 1.00 bits per heavy atom. The molecule has 0 saturated heterocycles. The van der Waals surface area contributed by atoms with E-state index in [0.29, 0.717) is 0 Å². The van der Waals surface area contributed by atoms with Crippen LogP contribution in [0.5, 0.6) is 0 Å². The first-order valence-electron chi connectivity index (χ1n) is 0.698. The normalized spacial score (nSPS) is 7.25. The third kappa shape index (κ3) is 145. The summed E-state index contributed by atoms with van der Waals surface area (Å²) in [5, 5.41) is 0. The molecule has 0 radical (unpaired) electrons. The summed E-state index contributed by atoms with van der Waals surface area (Å²) in [7, 11) is -4.67. The van der Waals surface area contributed by atoms with Gasteiger partial charge in [-0.2, -0.15) is 8.42 Å². The second kappa shape index (κ2) is 8.47. The van der Waals surface area contributed by atoms with E-state index in [2.05, 4.69) is 0 Å². The summed E-state index contributed by atoms with van der Waals surface area (Å²) in [6.45, 7) is 0. The first-order valence-corrected chi connectivity index (χ1v) is 2.10. The Morgan fingerprint density at radius 1 is 1.00 bits per heavy atom. The van der Waals surface area contributed by atoms with Gasteiger partial charge in [-0.3, -0.25) is 9.11 Å². The molecule has 0 amide bonds. The summed E-state index contributed by atoms with van der Waals surface area (Å²) in [4.78, 5) is 0. The first-order chi connectivity index (χ1) is 2.00. The van der Waals surface area contributed by atoms with Crippen LogP contribution in [-0.4, -0.2) is 17.5 Å². The van der Waals surface area contributed by atoms with E-state index in [9.17, 15) is 0 Å². The minimum atomic E-state index is -4.67. The van der Waals surface area contributed by atoms with Crippen molar-refractivity contribution in [2.24, 2.45) is 0 Å². The van der Waals surface area contributed by atoms with Crippen molar-refractivity contribution in [2.45, 2.75) is 0 Å². The van der Waals surface area contributed by atoms with E-state index in [0.717, 1.165) is 0 Å². The average molecular weight is 261 g/mol. The van der Waals surface area contributed by atoms with Crippen molar-refractivity contribution in [3.8, 4) is 0 Å². The van der Waals surface area contributed by atoms with Gasteiger partial charge < -0.3 is 13.5 Å². The molecule has 0 atom stereocenters. The summed E-state index contributed by atoms with van der Waals surface area (Å²) in [5.74, 6) is 0. The van der Waals surface area contributed by atoms with E-state index >= 15 is 0 Å². The van der Waals surface area contributed by atoms with Crippen molar-refractivity contribution in [1.82, 2.24) is 0 Å². The molecule has 0 saturated carbocycles. The van der Waals surface area contributed by atoms with Gasteiger partial charge in [-0.25, -0.2) is 0 Å². The summed E-state index contributed by atoms with van der Waals surface area (Å²) in [6.07, 6.45) is 0. The molecule has 8 heavy (non-hydrogen) atoms. The molecule has 4 nitrogen and oxygen atoms in total. The molecule has 0 heterocycles. The van der Waals surface area contributed by atoms with Gasteiger partial charge in [0.1, 0.15) is 0 Å². The molecule has 0 rings (SSSR count). The zero-order valence-corrected chi connectivity index (χ0v) is 11.5. The van der Waals surface area contributed by atoms with Crippen LogP contribution in [0.3, 0.4) is 0 Å². The monoisotopic (exact) mass is 258 g/mol. The van der Waals surface area contributed by atoms with Crippen molar-refractivity contribution < 1.29 is 56.5 Å². The number of hydrogen-bond acceptors (Lipinski definition) is 2. The van der Waals surface area contributed by atoms with E-state index in [1.165, 1.54) is 0 Å². The van der Waals surface area contributed by atoms with Crippen LogP contribution < -0.4 is 0 Å². The van der Waals surface area contributed by atoms with E-state index in [-0.39, 0.29) is 52.5 Å². The third-order valence-corrected chi connectivity index (χ3v) is 0. The Bertz CT molecular complexity index is 95.2. The molecule has 0 aliphatic heterocycles. The fourth-order valence-corrected chi connectivity index (χ4v) is 0. The molecule has 0 aromatic carbocycles.